The summed E-state index contributed by atoms with van der Waals surface area (Å²) in [6, 6.07) is 19.0. The lowest BCUT2D eigenvalue weighted by Gasteiger charge is -2.26. The molecule has 10 heteroatoms. The summed E-state index contributed by atoms with van der Waals surface area (Å²) >= 11 is 5.92. The Morgan fingerprint density at radius 3 is 2.39 bits per heavy atom. The molecule has 1 aromatic heterocycles. The molecule has 9 nitrogen and oxygen atoms in total. The fraction of sp³-hybridized carbons (Fsp3) is 0.0385. The number of urea groups is 1. The average Bonchev–Trinajstić information content (AvgIpc) is 3.20. The molecule has 178 valence electrons. The number of rotatable bonds is 5. The van der Waals surface area contributed by atoms with E-state index in [2.05, 4.69) is 5.32 Å². The van der Waals surface area contributed by atoms with Crippen molar-refractivity contribution in [1.82, 2.24) is 9.88 Å². The number of hydrogen-bond acceptors (Lipinski definition) is 5. The molecule has 0 bridgehead atoms. The third kappa shape index (κ3) is 4.12. The number of hydrogen-bond donors (Lipinski definition) is 1. The van der Waals surface area contributed by atoms with Gasteiger partial charge in [0.15, 0.2) is 0 Å². The van der Waals surface area contributed by atoms with Gasteiger partial charge < -0.3 is 4.57 Å². The van der Waals surface area contributed by atoms with Gasteiger partial charge in [0.1, 0.15) is 5.57 Å². The molecule has 5 rings (SSSR count). The average molecular weight is 501 g/mol. The summed E-state index contributed by atoms with van der Waals surface area (Å²) in [5.74, 6) is -1.59. The van der Waals surface area contributed by atoms with Crippen LogP contribution in [0.2, 0.25) is 5.02 Å². The van der Waals surface area contributed by atoms with Gasteiger partial charge in [0.25, 0.3) is 17.5 Å². The van der Waals surface area contributed by atoms with Crippen LogP contribution in [0.1, 0.15) is 11.1 Å². The summed E-state index contributed by atoms with van der Waals surface area (Å²) in [4.78, 5) is 50.3. The number of nitrogens with one attached hydrogen (secondary N) is 1. The monoisotopic (exact) mass is 500 g/mol. The Kier molecular flexibility index (Phi) is 5.83. The number of halogens is 1. The molecule has 0 saturated carbocycles. The van der Waals surface area contributed by atoms with Gasteiger partial charge in [0.2, 0.25) is 0 Å². The van der Waals surface area contributed by atoms with Gasteiger partial charge >= 0.3 is 6.03 Å². The molecule has 0 atom stereocenters. The molecule has 1 N–H and O–H groups in total. The first-order valence-electron chi connectivity index (χ1n) is 10.8. The fourth-order valence-corrected chi connectivity index (χ4v) is 4.29. The quantitative estimate of drug-likeness (QED) is 0.181. The first-order chi connectivity index (χ1) is 17.3. The van der Waals surface area contributed by atoms with Crippen molar-refractivity contribution in [2.45, 2.75) is 6.54 Å². The summed E-state index contributed by atoms with van der Waals surface area (Å²) in [5, 5.41) is 14.8. The second-order valence-corrected chi connectivity index (χ2v) is 8.49. The van der Waals surface area contributed by atoms with Gasteiger partial charge in [-0.2, -0.15) is 0 Å². The molecule has 1 fully saturated rings. The maximum atomic E-state index is 13.3. The first-order valence-corrected chi connectivity index (χ1v) is 11.2. The molecule has 0 unspecified atom stereocenters. The van der Waals surface area contributed by atoms with Crippen molar-refractivity contribution in [3.63, 3.8) is 0 Å². The first kappa shape index (κ1) is 23.0. The van der Waals surface area contributed by atoms with Crippen LogP contribution in [0.5, 0.6) is 0 Å². The summed E-state index contributed by atoms with van der Waals surface area (Å²) in [5.41, 5.74) is 1.85. The number of carbonyl (C=O) groups is 3. The van der Waals surface area contributed by atoms with Crippen LogP contribution in [0.3, 0.4) is 0 Å². The lowest BCUT2D eigenvalue weighted by atomic mass is 10.1. The van der Waals surface area contributed by atoms with E-state index in [9.17, 15) is 24.5 Å². The number of nitro groups is 1. The number of barbiturate groups is 1. The molecular formula is C26H17ClN4O5. The second-order valence-electron chi connectivity index (χ2n) is 8.05. The Morgan fingerprint density at radius 2 is 1.64 bits per heavy atom. The predicted octanol–water partition coefficient (Wildman–Crippen LogP) is 4.92. The summed E-state index contributed by atoms with van der Waals surface area (Å²) in [7, 11) is 0. The van der Waals surface area contributed by atoms with Gasteiger partial charge in [-0.3, -0.25) is 25.0 Å². The fourth-order valence-electron chi connectivity index (χ4n) is 4.16. The van der Waals surface area contributed by atoms with Crippen LogP contribution >= 0.6 is 11.6 Å². The highest BCUT2D eigenvalue weighted by molar-refractivity contribution is 6.39. The summed E-state index contributed by atoms with van der Waals surface area (Å²) < 4.78 is 1.82. The maximum Gasteiger partial charge on any atom is 0.335 e. The van der Waals surface area contributed by atoms with E-state index in [1.807, 2.05) is 28.8 Å². The molecule has 1 aliphatic rings. The molecule has 1 aliphatic heterocycles. The summed E-state index contributed by atoms with van der Waals surface area (Å²) in [6.45, 7) is 0.205. The molecule has 1 saturated heterocycles. The molecule has 3 aromatic carbocycles. The van der Waals surface area contributed by atoms with Crippen LogP contribution in [0.4, 0.5) is 16.2 Å². The van der Waals surface area contributed by atoms with Crippen LogP contribution in [-0.2, 0) is 16.1 Å². The third-order valence-electron chi connectivity index (χ3n) is 5.83. The minimum atomic E-state index is -0.858. The number of nitro benzene ring substituents is 1. The van der Waals surface area contributed by atoms with Gasteiger partial charge in [0, 0.05) is 39.3 Å². The van der Waals surface area contributed by atoms with E-state index >= 15 is 0 Å². The van der Waals surface area contributed by atoms with E-state index in [1.54, 1.807) is 24.4 Å². The smallest absolute Gasteiger partial charge is 0.335 e. The van der Waals surface area contributed by atoms with Crippen LogP contribution < -0.4 is 10.2 Å². The Hall–Kier alpha value is -4.76. The molecule has 4 amide bonds. The number of carbonyl (C=O) groups excluding carboxylic acids is 3. The largest absolute Gasteiger partial charge is 0.342 e. The summed E-state index contributed by atoms with van der Waals surface area (Å²) in [6.07, 6.45) is 3.14. The van der Waals surface area contributed by atoms with E-state index in [0.29, 0.717) is 16.1 Å². The number of nitrogens with zero attached hydrogens (tertiary/aromatic N) is 3. The Bertz CT molecular complexity index is 1590. The number of anilines is 1. The Morgan fingerprint density at radius 1 is 0.944 bits per heavy atom. The van der Waals surface area contributed by atoms with E-state index in [-0.39, 0.29) is 23.5 Å². The van der Waals surface area contributed by atoms with E-state index in [1.165, 1.54) is 36.4 Å². The lowest BCUT2D eigenvalue weighted by molar-refractivity contribution is -0.385. The van der Waals surface area contributed by atoms with E-state index < -0.39 is 22.8 Å². The molecule has 4 aromatic rings. The Labute approximate surface area is 209 Å². The van der Waals surface area contributed by atoms with Crippen LogP contribution in [0, 0.1) is 10.1 Å². The van der Waals surface area contributed by atoms with Crippen molar-refractivity contribution in [2.24, 2.45) is 0 Å². The number of fused-ring (bicyclic) bond motifs is 1. The predicted molar refractivity (Wildman–Crippen MR) is 135 cm³/mol. The third-order valence-corrected chi connectivity index (χ3v) is 6.09. The lowest BCUT2D eigenvalue weighted by Crippen LogP contribution is -2.54. The van der Waals surface area contributed by atoms with Crippen molar-refractivity contribution >= 4 is 57.8 Å². The Balaban J connectivity index is 1.58. The zero-order valence-corrected chi connectivity index (χ0v) is 19.3. The van der Waals surface area contributed by atoms with Crippen molar-refractivity contribution in [1.29, 1.82) is 0 Å². The molecule has 0 radical (unpaired) electrons. The number of para-hydroxylation sites is 2. The zero-order chi connectivity index (χ0) is 25.4. The molecule has 36 heavy (non-hydrogen) atoms. The number of imide groups is 2. The normalized spacial score (nSPS) is 15.0. The SMILES string of the molecule is O=C1NC(=O)N(c2ccc(Cl)cc2)C(=O)/C1=C/c1cn(Cc2ccccc2[N+](=O)[O-])c2ccccc12. The number of amides is 4. The van der Waals surface area contributed by atoms with Crippen molar-refractivity contribution in [2.75, 3.05) is 4.90 Å². The van der Waals surface area contributed by atoms with Gasteiger partial charge in [-0.1, -0.05) is 48.0 Å². The van der Waals surface area contributed by atoms with E-state index in [0.717, 1.165) is 15.8 Å². The van der Waals surface area contributed by atoms with Gasteiger partial charge in [-0.15, -0.1) is 0 Å². The highest BCUT2D eigenvalue weighted by Crippen LogP contribution is 2.29. The topological polar surface area (TPSA) is 115 Å². The van der Waals surface area contributed by atoms with Crippen LogP contribution in [0.15, 0.2) is 84.6 Å². The highest BCUT2D eigenvalue weighted by atomic mass is 35.5. The molecule has 0 spiro atoms. The second kappa shape index (κ2) is 9.12. The van der Waals surface area contributed by atoms with Crippen molar-refractivity contribution in [3.8, 4) is 0 Å². The van der Waals surface area contributed by atoms with Gasteiger partial charge in [0.05, 0.1) is 17.2 Å². The molecular weight excluding hydrogens is 484 g/mol. The van der Waals surface area contributed by atoms with E-state index in [4.69, 9.17) is 11.6 Å². The molecule has 2 heterocycles. The number of aromatic nitrogens is 1. The number of benzene rings is 3. The minimum Gasteiger partial charge on any atom is -0.342 e. The maximum absolute atomic E-state index is 13.3. The van der Waals surface area contributed by atoms with Gasteiger partial charge in [-0.25, -0.2) is 9.69 Å². The van der Waals surface area contributed by atoms with Gasteiger partial charge in [-0.05, 0) is 36.4 Å². The standard InChI is InChI=1S/C26H17ClN4O5/c27-18-9-11-19(12-10-18)30-25(33)21(24(32)28-26(30)34)13-17-15-29(23-8-4-2-6-20(17)23)14-16-5-1-3-7-22(16)31(35)36/h1-13,15H,14H2,(H,28,32,34)/b21-13+. The highest BCUT2D eigenvalue weighted by Gasteiger charge is 2.37. The minimum absolute atomic E-state index is 0.00543. The van der Waals surface area contributed by atoms with Crippen molar-refractivity contribution < 1.29 is 19.3 Å². The molecule has 0 aliphatic carbocycles. The van der Waals surface area contributed by atoms with Crippen LogP contribution in [-0.4, -0.2) is 27.3 Å². The van der Waals surface area contributed by atoms with Crippen molar-refractivity contribution in [3.05, 3.63) is 111 Å². The zero-order valence-electron chi connectivity index (χ0n) is 18.6. The van der Waals surface area contributed by atoms with Crippen LogP contribution in [0.25, 0.3) is 17.0 Å².